The Hall–Kier alpha value is -2.21. The molecule has 0 radical (unpaired) electrons. The molecule has 1 N–H and O–H groups in total. The molecule has 150 valence electrons. The summed E-state index contributed by atoms with van der Waals surface area (Å²) in [6, 6.07) is 2.98. The number of aliphatic hydroxyl groups is 1. The fourth-order valence-electron chi connectivity index (χ4n) is 2.08. The lowest BCUT2D eigenvalue weighted by atomic mass is 10.1. The number of benzene rings is 1. The van der Waals surface area contributed by atoms with Gasteiger partial charge in [-0.05, 0) is 25.8 Å². The van der Waals surface area contributed by atoms with Crippen LogP contribution >= 0.6 is 11.6 Å². The van der Waals surface area contributed by atoms with Crippen molar-refractivity contribution < 1.29 is 28.9 Å². The highest BCUT2D eigenvalue weighted by molar-refractivity contribution is 6.32. The molecular formula is C20H27ClO6. The number of allylic oxidation sites excluding steroid dienone is 1. The molecule has 1 aromatic carbocycles. The molecule has 0 saturated carbocycles. The summed E-state index contributed by atoms with van der Waals surface area (Å²) in [4.78, 5) is 24.0. The van der Waals surface area contributed by atoms with Crippen molar-refractivity contribution in [3.8, 4) is 11.5 Å². The first-order valence-electron chi connectivity index (χ1n) is 9.15. The Morgan fingerprint density at radius 3 is 2.19 bits per heavy atom. The standard InChI is InChI=1S/C20H27ClO6/c1-4-7-9-26-18-13-19(27-10-8-5-2)15(21)11-14(18)16(22)12-17(23)20(24)25-6-3/h11-13,23H,4-10H2,1-3H3/b17-12-. The normalized spacial score (nSPS) is 11.2. The Morgan fingerprint density at radius 1 is 1.04 bits per heavy atom. The van der Waals surface area contributed by atoms with Gasteiger partial charge in [0.1, 0.15) is 11.5 Å². The van der Waals surface area contributed by atoms with Crippen LogP contribution in [0.15, 0.2) is 24.0 Å². The fraction of sp³-hybridized carbons (Fsp3) is 0.500. The van der Waals surface area contributed by atoms with Gasteiger partial charge >= 0.3 is 5.97 Å². The van der Waals surface area contributed by atoms with Gasteiger partial charge in [0.05, 0.1) is 30.4 Å². The number of esters is 1. The van der Waals surface area contributed by atoms with Gasteiger partial charge in [0.25, 0.3) is 0 Å². The van der Waals surface area contributed by atoms with Crippen LogP contribution in [-0.2, 0) is 9.53 Å². The van der Waals surface area contributed by atoms with Gasteiger partial charge in [0.15, 0.2) is 5.78 Å². The van der Waals surface area contributed by atoms with E-state index in [1.807, 2.05) is 13.8 Å². The molecule has 0 unspecified atom stereocenters. The van der Waals surface area contributed by atoms with E-state index in [1.165, 1.54) is 6.07 Å². The van der Waals surface area contributed by atoms with Gasteiger partial charge in [0.2, 0.25) is 5.76 Å². The van der Waals surface area contributed by atoms with Crippen molar-refractivity contribution in [1.82, 2.24) is 0 Å². The molecule has 0 fully saturated rings. The summed E-state index contributed by atoms with van der Waals surface area (Å²) in [5.74, 6) is -1.65. The number of ketones is 1. The van der Waals surface area contributed by atoms with Crippen LogP contribution in [-0.4, -0.2) is 36.7 Å². The maximum Gasteiger partial charge on any atom is 0.373 e. The van der Waals surface area contributed by atoms with Crippen molar-refractivity contribution in [2.24, 2.45) is 0 Å². The van der Waals surface area contributed by atoms with Gasteiger partial charge in [-0.25, -0.2) is 4.79 Å². The lowest BCUT2D eigenvalue weighted by molar-refractivity contribution is -0.141. The number of carbonyl (C=O) groups is 2. The second-order valence-electron chi connectivity index (χ2n) is 5.80. The van der Waals surface area contributed by atoms with E-state index >= 15 is 0 Å². The zero-order chi connectivity index (χ0) is 20.2. The molecule has 0 spiro atoms. The molecule has 0 bridgehead atoms. The zero-order valence-corrected chi connectivity index (χ0v) is 16.8. The van der Waals surface area contributed by atoms with Crippen LogP contribution in [0, 0.1) is 0 Å². The fourth-order valence-corrected chi connectivity index (χ4v) is 2.29. The predicted molar refractivity (Wildman–Crippen MR) is 104 cm³/mol. The third-order valence-electron chi connectivity index (χ3n) is 3.56. The lowest BCUT2D eigenvalue weighted by Crippen LogP contribution is -2.10. The van der Waals surface area contributed by atoms with Crippen LogP contribution in [0.2, 0.25) is 5.02 Å². The molecule has 1 rings (SSSR count). The second-order valence-corrected chi connectivity index (χ2v) is 6.20. The van der Waals surface area contributed by atoms with Crippen LogP contribution < -0.4 is 9.47 Å². The van der Waals surface area contributed by atoms with Gasteiger partial charge in [-0.1, -0.05) is 38.3 Å². The maximum atomic E-state index is 12.5. The highest BCUT2D eigenvalue weighted by atomic mass is 35.5. The number of ether oxygens (including phenoxy) is 3. The molecule has 7 heteroatoms. The third-order valence-corrected chi connectivity index (χ3v) is 3.86. The van der Waals surface area contributed by atoms with Crippen molar-refractivity contribution in [2.45, 2.75) is 46.5 Å². The van der Waals surface area contributed by atoms with Crippen LogP contribution in [0.1, 0.15) is 56.8 Å². The van der Waals surface area contributed by atoms with E-state index in [0.29, 0.717) is 19.0 Å². The first kappa shape index (κ1) is 22.8. The summed E-state index contributed by atoms with van der Waals surface area (Å²) in [6.45, 7) is 6.68. The lowest BCUT2D eigenvalue weighted by Gasteiger charge is -2.14. The summed E-state index contributed by atoms with van der Waals surface area (Å²) in [7, 11) is 0. The number of halogens is 1. The number of unbranched alkanes of at least 4 members (excludes halogenated alkanes) is 2. The van der Waals surface area contributed by atoms with Crippen LogP contribution in [0.5, 0.6) is 11.5 Å². The minimum Gasteiger partial charge on any atom is -0.502 e. The highest BCUT2D eigenvalue weighted by Gasteiger charge is 2.19. The van der Waals surface area contributed by atoms with Crippen molar-refractivity contribution in [2.75, 3.05) is 19.8 Å². The van der Waals surface area contributed by atoms with Gasteiger partial charge in [0, 0.05) is 12.1 Å². The Balaban J connectivity index is 3.14. The largest absolute Gasteiger partial charge is 0.502 e. The molecule has 0 aromatic heterocycles. The van der Waals surface area contributed by atoms with E-state index in [2.05, 4.69) is 4.74 Å². The van der Waals surface area contributed by atoms with Crippen molar-refractivity contribution in [3.05, 3.63) is 34.6 Å². The molecule has 0 amide bonds. The molecule has 6 nitrogen and oxygen atoms in total. The summed E-state index contributed by atoms with van der Waals surface area (Å²) >= 11 is 6.23. The van der Waals surface area contributed by atoms with E-state index in [0.717, 1.165) is 31.8 Å². The number of carbonyl (C=O) groups excluding carboxylic acids is 2. The Bertz CT molecular complexity index is 669. The second kappa shape index (κ2) is 12.2. The van der Waals surface area contributed by atoms with Gasteiger partial charge in [-0.3, -0.25) is 4.79 Å². The molecule has 0 saturated heterocycles. The maximum absolute atomic E-state index is 12.5. The summed E-state index contributed by atoms with van der Waals surface area (Å²) in [6.07, 6.45) is 4.39. The summed E-state index contributed by atoms with van der Waals surface area (Å²) in [5.41, 5.74) is 0.134. The van der Waals surface area contributed by atoms with Gasteiger partial charge < -0.3 is 19.3 Å². The highest BCUT2D eigenvalue weighted by Crippen LogP contribution is 2.34. The number of hydrogen-bond donors (Lipinski definition) is 1. The average Bonchev–Trinajstić information content (AvgIpc) is 2.64. The smallest absolute Gasteiger partial charge is 0.373 e. The van der Waals surface area contributed by atoms with Gasteiger partial charge in [-0.2, -0.15) is 0 Å². The summed E-state index contributed by atoms with van der Waals surface area (Å²) < 4.78 is 16.0. The van der Waals surface area contributed by atoms with E-state index in [1.54, 1.807) is 13.0 Å². The van der Waals surface area contributed by atoms with Crippen molar-refractivity contribution in [1.29, 1.82) is 0 Å². The van der Waals surface area contributed by atoms with E-state index in [-0.39, 0.29) is 22.9 Å². The Labute approximate surface area is 165 Å². The molecule has 27 heavy (non-hydrogen) atoms. The monoisotopic (exact) mass is 398 g/mol. The average molecular weight is 399 g/mol. The number of hydrogen-bond acceptors (Lipinski definition) is 6. The summed E-state index contributed by atoms with van der Waals surface area (Å²) in [5, 5.41) is 9.97. The molecule has 0 aliphatic heterocycles. The molecule has 0 atom stereocenters. The zero-order valence-electron chi connectivity index (χ0n) is 16.0. The van der Waals surface area contributed by atoms with Crippen molar-refractivity contribution in [3.63, 3.8) is 0 Å². The van der Waals surface area contributed by atoms with E-state index < -0.39 is 17.5 Å². The van der Waals surface area contributed by atoms with E-state index in [9.17, 15) is 14.7 Å². The Morgan fingerprint density at radius 2 is 1.63 bits per heavy atom. The quantitative estimate of drug-likeness (QED) is 0.177. The molecular weight excluding hydrogens is 372 g/mol. The first-order chi connectivity index (χ1) is 12.9. The van der Waals surface area contributed by atoms with Crippen LogP contribution in [0.3, 0.4) is 0 Å². The van der Waals surface area contributed by atoms with E-state index in [4.69, 9.17) is 21.1 Å². The van der Waals surface area contributed by atoms with Crippen LogP contribution in [0.25, 0.3) is 0 Å². The minimum atomic E-state index is -0.968. The minimum absolute atomic E-state index is 0.0892. The molecule has 1 aromatic rings. The number of rotatable bonds is 12. The molecule has 0 aliphatic carbocycles. The predicted octanol–water partition coefficient (Wildman–Crippen LogP) is 4.89. The molecule has 0 aliphatic rings. The topological polar surface area (TPSA) is 82.1 Å². The Kier molecular flexibility index (Phi) is 10.3. The number of aliphatic hydroxyl groups excluding tert-OH is 1. The van der Waals surface area contributed by atoms with Crippen LogP contribution in [0.4, 0.5) is 0 Å². The molecule has 0 heterocycles. The van der Waals surface area contributed by atoms with Gasteiger partial charge in [-0.15, -0.1) is 0 Å². The van der Waals surface area contributed by atoms with Crippen molar-refractivity contribution >= 4 is 23.4 Å². The SMILES string of the molecule is CCCCOc1cc(OCCCC)c(C(=O)/C=C(\O)C(=O)OCC)cc1Cl. The third kappa shape index (κ3) is 7.51. The first-order valence-corrected chi connectivity index (χ1v) is 9.53.